The van der Waals surface area contributed by atoms with Gasteiger partial charge in [0, 0.05) is 0 Å². The molecule has 0 aromatic rings. The highest BCUT2D eigenvalue weighted by atomic mass is 16.5. The Kier molecular flexibility index (Phi) is 3.24. The van der Waals surface area contributed by atoms with E-state index in [1.165, 1.54) is 0 Å². The van der Waals surface area contributed by atoms with E-state index >= 15 is 0 Å². The molecule has 1 N–H and O–H groups in total. The average Bonchev–Trinajstić information content (AvgIpc) is 2.65. The van der Waals surface area contributed by atoms with Crippen molar-refractivity contribution >= 4 is 5.78 Å². The highest BCUT2D eigenvalue weighted by molar-refractivity contribution is 5.90. The summed E-state index contributed by atoms with van der Waals surface area (Å²) in [4.78, 5) is 12.4. The van der Waals surface area contributed by atoms with Gasteiger partial charge in [0.2, 0.25) is 0 Å². The fourth-order valence-corrected chi connectivity index (χ4v) is 3.11. The Morgan fingerprint density at radius 3 is 2.78 bits per heavy atom. The van der Waals surface area contributed by atoms with E-state index in [0.717, 1.165) is 6.42 Å². The van der Waals surface area contributed by atoms with E-state index in [2.05, 4.69) is 6.58 Å². The van der Waals surface area contributed by atoms with Crippen LogP contribution in [-0.2, 0) is 9.53 Å². The van der Waals surface area contributed by atoms with Crippen LogP contribution in [0, 0.1) is 11.8 Å². The van der Waals surface area contributed by atoms with Gasteiger partial charge in [-0.15, -0.1) is 6.58 Å². The third-order valence-corrected chi connectivity index (χ3v) is 4.37. The number of fused-ring (bicyclic) bond motifs is 2. The molecule has 0 aromatic heterocycles. The van der Waals surface area contributed by atoms with Gasteiger partial charge in [-0.3, -0.25) is 4.79 Å². The molecule has 0 unspecified atom stereocenters. The second kappa shape index (κ2) is 4.32. The topological polar surface area (TPSA) is 46.5 Å². The lowest BCUT2D eigenvalue weighted by atomic mass is 9.74. The lowest BCUT2D eigenvalue weighted by molar-refractivity contribution is -0.211. The van der Waals surface area contributed by atoms with Crippen LogP contribution in [0.3, 0.4) is 0 Å². The van der Waals surface area contributed by atoms with Crippen LogP contribution in [0.4, 0.5) is 0 Å². The first-order chi connectivity index (χ1) is 8.37. The lowest BCUT2D eigenvalue weighted by Crippen LogP contribution is -2.61. The first-order valence-electron chi connectivity index (χ1n) is 6.60. The van der Waals surface area contributed by atoms with Crippen LogP contribution in [0.2, 0.25) is 0 Å². The van der Waals surface area contributed by atoms with Crippen LogP contribution in [0.25, 0.3) is 0 Å². The van der Waals surface area contributed by atoms with E-state index in [4.69, 9.17) is 4.74 Å². The van der Waals surface area contributed by atoms with Gasteiger partial charge in [0.1, 0.15) is 11.7 Å². The standard InChI is InChI=1S/C15H22O3/c1-5-6-7-11-12(16)13(17)15(10(2)3)9-8-14(11,4)18-15/h5,8-11,13,17H,1,6-7H2,2-4H3/t11-,13+,14-,15-/m1/s1. The summed E-state index contributed by atoms with van der Waals surface area (Å²) >= 11 is 0. The third-order valence-electron chi connectivity index (χ3n) is 4.37. The van der Waals surface area contributed by atoms with E-state index in [0.29, 0.717) is 6.42 Å². The minimum Gasteiger partial charge on any atom is -0.382 e. The van der Waals surface area contributed by atoms with E-state index in [9.17, 15) is 9.90 Å². The Morgan fingerprint density at radius 1 is 1.56 bits per heavy atom. The van der Waals surface area contributed by atoms with Gasteiger partial charge in [-0.2, -0.15) is 0 Å². The Balaban J connectivity index is 2.34. The molecule has 0 aromatic carbocycles. The predicted octanol–water partition coefficient (Wildman–Crippen LogP) is 2.25. The van der Waals surface area contributed by atoms with Crippen molar-refractivity contribution in [1.29, 1.82) is 0 Å². The Labute approximate surface area is 109 Å². The van der Waals surface area contributed by atoms with Crippen LogP contribution >= 0.6 is 0 Å². The summed E-state index contributed by atoms with van der Waals surface area (Å²) in [5.41, 5.74) is -1.42. The van der Waals surface area contributed by atoms with E-state index in [1.807, 2.05) is 32.9 Å². The molecule has 0 radical (unpaired) electrons. The number of allylic oxidation sites excluding steroid dienone is 1. The fourth-order valence-electron chi connectivity index (χ4n) is 3.11. The number of rotatable bonds is 4. The molecular weight excluding hydrogens is 228 g/mol. The normalized spacial score (nSPS) is 42.6. The van der Waals surface area contributed by atoms with Crippen molar-refractivity contribution < 1.29 is 14.6 Å². The molecule has 2 bridgehead atoms. The minimum atomic E-state index is -1.06. The van der Waals surface area contributed by atoms with Crippen molar-refractivity contribution in [3.8, 4) is 0 Å². The first-order valence-corrected chi connectivity index (χ1v) is 6.60. The van der Waals surface area contributed by atoms with Crippen molar-refractivity contribution in [3.63, 3.8) is 0 Å². The number of hydrogen-bond acceptors (Lipinski definition) is 3. The van der Waals surface area contributed by atoms with Crippen molar-refractivity contribution in [1.82, 2.24) is 0 Å². The highest BCUT2D eigenvalue weighted by Crippen LogP contribution is 2.49. The summed E-state index contributed by atoms with van der Waals surface area (Å²) in [6.45, 7) is 9.56. The van der Waals surface area contributed by atoms with Crippen molar-refractivity contribution in [2.75, 3.05) is 0 Å². The van der Waals surface area contributed by atoms with E-state index < -0.39 is 17.3 Å². The quantitative estimate of drug-likeness (QED) is 0.778. The van der Waals surface area contributed by atoms with Crippen molar-refractivity contribution in [3.05, 3.63) is 24.8 Å². The van der Waals surface area contributed by atoms with Gasteiger partial charge in [-0.25, -0.2) is 0 Å². The maximum atomic E-state index is 12.4. The Bertz CT molecular complexity index is 399. The lowest BCUT2D eigenvalue weighted by Gasteiger charge is -2.47. The van der Waals surface area contributed by atoms with E-state index in [-0.39, 0.29) is 17.6 Å². The monoisotopic (exact) mass is 250 g/mol. The molecule has 1 saturated heterocycles. The van der Waals surface area contributed by atoms with Crippen LogP contribution in [0.1, 0.15) is 33.6 Å². The van der Waals surface area contributed by atoms with Crippen LogP contribution in [0.5, 0.6) is 0 Å². The van der Waals surface area contributed by atoms with Gasteiger partial charge in [-0.05, 0) is 25.7 Å². The molecule has 3 nitrogen and oxygen atoms in total. The molecular formula is C15H22O3. The smallest absolute Gasteiger partial charge is 0.170 e. The molecule has 2 aliphatic rings. The van der Waals surface area contributed by atoms with Gasteiger partial charge < -0.3 is 9.84 Å². The predicted molar refractivity (Wildman–Crippen MR) is 70.1 cm³/mol. The number of carbonyl (C=O) groups excluding carboxylic acids is 1. The molecule has 0 saturated carbocycles. The van der Waals surface area contributed by atoms with Crippen LogP contribution in [0.15, 0.2) is 24.8 Å². The summed E-state index contributed by atoms with van der Waals surface area (Å²) in [7, 11) is 0. The minimum absolute atomic E-state index is 0.0647. The van der Waals surface area contributed by atoms with Crippen LogP contribution < -0.4 is 0 Å². The number of aliphatic hydroxyl groups is 1. The largest absolute Gasteiger partial charge is 0.382 e. The molecule has 1 fully saturated rings. The second-order valence-corrected chi connectivity index (χ2v) is 5.85. The first kappa shape index (κ1) is 13.5. The summed E-state index contributed by atoms with van der Waals surface area (Å²) in [6, 6.07) is 0. The maximum absolute atomic E-state index is 12.4. The number of ketones is 1. The van der Waals surface area contributed by atoms with Gasteiger partial charge in [0.15, 0.2) is 5.78 Å². The number of ether oxygens (including phenoxy) is 1. The summed E-state index contributed by atoms with van der Waals surface area (Å²) < 4.78 is 6.11. The highest BCUT2D eigenvalue weighted by Gasteiger charge is 2.60. The SMILES string of the molecule is C=CCC[C@@H]1C(=O)[C@H](O)[C@]2(C(C)C)C=C[C@@]1(C)O2. The third kappa shape index (κ3) is 1.69. The molecule has 0 spiro atoms. The number of carbonyl (C=O) groups is 1. The Hall–Kier alpha value is -0.930. The molecule has 18 heavy (non-hydrogen) atoms. The summed E-state index contributed by atoms with van der Waals surface area (Å²) in [5.74, 6) is -0.310. The molecule has 2 heterocycles. The zero-order valence-corrected chi connectivity index (χ0v) is 11.3. The summed E-state index contributed by atoms with van der Waals surface area (Å²) in [5, 5.41) is 10.3. The zero-order valence-electron chi connectivity index (χ0n) is 11.3. The molecule has 3 heteroatoms. The van der Waals surface area contributed by atoms with Crippen LogP contribution in [-0.4, -0.2) is 28.2 Å². The van der Waals surface area contributed by atoms with Gasteiger partial charge in [-0.1, -0.05) is 32.1 Å². The zero-order chi connectivity index (χ0) is 13.6. The van der Waals surface area contributed by atoms with Gasteiger partial charge in [0.25, 0.3) is 0 Å². The van der Waals surface area contributed by atoms with Gasteiger partial charge >= 0.3 is 0 Å². The second-order valence-electron chi connectivity index (χ2n) is 5.85. The molecule has 100 valence electrons. The molecule has 0 amide bonds. The maximum Gasteiger partial charge on any atom is 0.170 e. The average molecular weight is 250 g/mol. The van der Waals surface area contributed by atoms with Gasteiger partial charge in [0.05, 0.1) is 11.5 Å². The fraction of sp³-hybridized carbons (Fsp3) is 0.667. The number of hydrogen-bond donors (Lipinski definition) is 1. The van der Waals surface area contributed by atoms with Crippen molar-refractivity contribution in [2.24, 2.45) is 11.8 Å². The molecule has 2 rings (SSSR count). The van der Waals surface area contributed by atoms with Crippen molar-refractivity contribution in [2.45, 2.75) is 50.9 Å². The number of Topliss-reactive ketones (excluding diaryl/α,β-unsaturated/α-hetero) is 1. The molecule has 2 aliphatic heterocycles. The number of aliphatic hydroxyl groups excluding tert-OH is 1. The summed E-state index contributed by atoms with van der Waals surface area (Å²) in [6.07, 6.45) is 6.01. The van der Waals surface area contributed by atoms with E-state index in [1.54, 1.807) is 6.08 Å². The molecule has 4 atom stereocenters. The Morgan fingerprint density at radius 2 is 2.22 bits per heavy atom. The molecule has 0 aliphatic carbocycles.